The van der Waals surface area contributed by atoms with E-state index in [-0.39, 0.29) is 5.91 Å². The summed E-state index contributed by atoms with van der Waals surface area (Å²) in [6.45, 7) is 2.53. The van der Waals surface area contributed by atoms with Crippen molar-refractivity contribution in [3.05, 3.63) is 41.7 Å². The SMILES string of the molecule is Cc1cccc(NC(=O)CCCn2cc(C=O)nn2)c1. The van der Waals surface area contributed by atoms with E-state index in [0.29, 0.717) is 31.4 Å². The smallest absolute Gasteiger partial charge is 0.224 e. The van der Waals surface area contributed by atoms with Gasteiger partial charge in [-0.2, -0.15) is 0 Å². The summed E-state index contributed by atoms with van der Waals surface area (Å²) in [5, 5.41) is 10.3. The van der Waals surface area contributed by atoms with Crippen molar-refractivity contribution in [2.24, 2.45) is 0 Å². The van der Waals surface area contributed by atoms with Crippen LogP contribution < -0.4 is 5.32 Å². The van der Waals surface area contributed by atoms with E-state index in [1.807, 2.05) is 31.2 Å². The zero-order valence-electron chi connectivity index (χ0n) is 11.2. The summed E-state index contributed by atoms with van der Waals surface area (Å²) >= 11 is 0. The summed E-state index contributed by atoms with van der Waals surface area (Å²) in [6, 6.07) is 7.66. The van der Waals surface area contributed by atoms with Crippen LogP contribution in [0, 0.1) is 6.92 Å². The van der Waals surface area contributed by atoms with Crippen LogP contribution >= 0.6 is 0 Å². The van der Waals surface area contributed by atoms with Gasteiger partial charge in [0.2, 0.25) is 5.91 Å². The maximum atomic E-state index is 11.8. The molecule has 104 valence electrons. The first-order chi connectivity index (χ1) is 9.67. The molecule has 0 saturated carbocycles. The monoisotopic (exact) mass is 272 g/mol. The number of hydrogen-bond donors (Lipinski definition) is 1. The summed E-state index contributed by atoms with van der Waals surface area (Å²) < 4.78 is 1.56. The van der Waals surface area contributed by atoms with Crippen molar-refractivity contribution >= 4 is 17.9 Å². The highest BCUT2D eigenvalue weighted by Gasteiger charge is 2.04. The minimum Gasteiger partial charge on any atom is -0.326 e. The lowest BCUT2D eigenvalue weighted by molar-refractivity contribution is -0.116. The summed E-state index contributed by atoms with van der Waals surface area (Å²) in [5.74, 6) is -0.0358. The lowest BCUT2D eigenvalue weighted by atomic mass is 10.2. The third kappa shape index (κ3) is 4.01. The fraction of sp³-hybridized carbons (Fsp3) is 0.286. The maximum absolute atomic E-state index is 11.8. The molecule has 0 spiro atoms. The van der Waals surface area contributed by atoms with E-state index >= 15 is 0 Å². The number of nitrogens with one attached hydrogen (secondary N) is 1. The molecule has 1 N–H and O–H groups in total. The zero-order valence-corrected chi connectivity index (χ0v) is 11.2. The molecule has 2 rings (SSSR count). The average molecular weight is 272 g/mol. The van der Waals surface area contributed by atoms with Crippen LogP contribution in [0.1, 0.15) is 28.9 Å². The molecule has 0 atom stereocenters. The summed E-state index contributed by atoms with van der Waals surface area (Å²) in [7, 11) is 0. The summed E-state index contributed by atoms with van der Waals surface area (Å²) in [5.41, 5.74) is 2.21. The molecule has 20 heavy (non-hydrogen) atoms. The quantitative estimate of drug-likeness (QED) is 0.814. The lowest BCUT2D eigenvalue weighted by Crippen LogP contribution is -2.12. The number of hydrogen-bond acceptors (Lipinski definition) is 4. The predicted octanol–water partition coefficient (Wildman–Crippen LogP) is 1.82. The number of aryl methyl sites for hydroxylation is 2. The van der Waals surface area contributed by atoms with Crippen molar-refractivity contribution in [1.29, 1.82) is 0 Å². The van der Waals surface area contributed by atoms with Crippen LogP contribution in [0.25, 0.3) is 0 Å². The molecule has 6 heteroatoms. The standard InChI is InChI=1S/C14H16N4O2/c1-11-4-2-5-12(8-11)15-14(20)6-3-7-18-9-13(10-19)16-17-18/h2,4-5,8-10H,3,6-7H2,1H3,(H,15,20). The molecule has 1 aromatic carbocycles. The van der Waals surface area contributed by atoms with E-state index in [1.54, 1.807) is 10.9 Å². The Morgan fingerprint density at radius 1 is 1.45 bits per heavy atom. The Hall–Kier alpha value is -2.50. The zero-order chi connectivity index (χ0) is 14.4. The Labute approximate surface area is 116 Å². The second-order valence-corrected chi connectivity index (χ2v) is 4.55. The lowest BCUT2D eigenvalue weighted by Gasteiger charge is -2.05. The molecule has 0 unspecified atom stereocenters. The highest BCUT2D eigenvalue weighted by molar-refractivity contribution is 5.90. The van der Waals surface area contributed by atoms with Gasteiger partial charge < -0.3 is 5.32 Å². The topological polar surface area (TPSA) is 76.9 Å². The Bertz CT molecular complexity index is 607. The van der Waals surface area contributed by atoms with Crippen molar-refractivity contribution in [3.8, 4) is 0 Å². The van der Waals surface area contributed by atoms with E-state index < -0.39 is 0 Å². The number of rotatable bonds is 6. The molecule has 0 aliphatic heterocycles. The van der Waals surface area contributed by atoms with E-state index in [4.69, 9.17) is 0 Å². The number of benzene rings is 1. The first-order valence-electron chi connectivity index (χ1n) is 6.39. The van der Waals surface area contributed by atoms with Gasteiger partial charge in [-0.05, 0) is 31.0 Å². The fourth-order valence-electron chi connectivity index (χ4n) is 1.82. The van der Waals surface area contributed by atoms with E-state index in [0.717, 1.165) is 11.3 Å². The van der Waals surface area contributed by atoms with Crippen LogP contribution in [0.5, 0.6) is 0 Å². The Morgan fingerprint density at radius 2 is 2.30 bits per heavy atom. The maximum Gasteiger partial charge on any atom is 0.224 e. The second kappa shape index (κ2) is 6.60. The summed E-state index contributed by atoms with van der Waals surface area (Å²) in [4.78, 5) is 22.2. The number of aromatic nitrogens is 3. The van der Waals surface area contributed by atoms with Gasteiger partial charge >= 0.3 is 0 Å². The Balaban J connectivity index is 1.76. The number of anilines is 1. The van der Waals surface area contributed by atoms with E-state index in [2.05, 4.69) is 15.6 Å². The minimum atomic E-state index is -0.0358. The fourth-order valence-corrected chi connectivity index (χ4v) is 1.82. The molecule has 0 bridgehead atoms. The highest BCUT2D eigenvalue weighted by Crippen LogP contribution is 2.10. The predicted molar refractivity (Wildman–Crippen MR) is 74.5 cm³/mol. The molecular weight excluding hydrogens is 256 g/mol. The van der Waals surface area contributed by atoms with Gasteiger partial charge in [0.25, 0.3) is 0 Å². The number of carbonyl (C=O) groups is 2. The van der Waals surface area contributed by atoms with E-state index in [1.165, 1.54) is 0 Å². The molecule has 0 fully saturated rings. The molecule has 1 amide bonds. The van der Waals surface area contributed by atoms with Crippen molar-refractivity contribution in [2.45, 2.75) is 26.3 Å². The molecule has 1 aromatic heterocycles. The molecule has 0 aliphatic carbocycles. The molecule has 0 saturated heterocycles. The highest BCUT2D eigenvalue weighted by atomic mass is 16.1. The second-order valence-electron chi connectivity index (χ2n) is 4.55. The van der Waals surface area contributed by atoms with Crippen molar-refractivity contribution in [2.75, 3.05) is 5.32 Å². The number of amides is 1. The van der Waals surface area contributed by atoms with Crippen LogP contribution in [-0.2, 0) is 11.3 Å². The molecule has 0 radical (unpaired) electrons. The minimum absolute atomic E-state index is 0.0358. The van der Waals surface area contributed by atoms with Gasteiger partial charge in [-0.25, -0.2) is 0 Å². The molecule has 0 aliphatic rings. The van der Waals surface area contributed by atoms with Crippen LogP contribution in [-0.4, -0.2) is 27.2 Å². The molecule has 2 aromatic rings. The van der Waals surface area contributed by atoms with Gasteiger partial charge in [-0.15, -0.1) is 5.10 Å². The van der Waals surface area contributed by atoms with Gasteiger partial charge in [-0.3, -0.25) is 14.3 Å². The Morgan fingerprint density at radius 3 is 3.00 bits per heavy atom. The van der Waals surface area contributed by atoms with Crippen LogP contribution in [0.2, 0.25) is 0 Å². The van der Waals surface area contributed by atoms with Gasteiger partial charge in [0.1, 0.15) is 5.69 Å². The molecule has 6 nitrogen and oxygen atoms in total. The first-order valence-corrected chi connectivity index (χ1v) is 6.39. The van der Waals surface area contributed by atoms with Crippen molar-refractivity contribution in [3.63, 3.8) is 0 Å². The summed E-state index contributed by atoms with van der Waals surface area (Å²) in [6.07, 6.45) is 3.24. The number of carbonyl (C=O) groups excluding carboxylic acids is 2. The van der Waals surface area contributed by atoms with Gasteiger partial charge in [-0.1, -0.05) is 17.3 Å². The molecular formula is C14H16N4O2. The van der Waals surface area contributed by atoms with Crippen molar-refractivity contribution in [1.82, 2.24) is 15.0 Å². The van der Waals surface area contributed by atoms with Crippen LogP contribution in [0.3, 0.4) is 0 Å². The number of nitrogens with zero attached hydrogens (tertiary/aromatic N) is 3. The molecule has 1 heterocycles. The van der Waals surface area contributed by atoms with Gasteiger partial charge in [0.05, 0.1) is 6.20 Å². The first kappa shape index (κ1) is 13.9. The third-order valence-electron chi connectivity index (χ3n) is 2.77. The number of aldehydes is 1. The average Bonchev–Trinajstić information content (AvgIpc) is 2.86. The van der Waals surface area contributed by atoms with E-state index in [9.17, 15) is 9.59 Å². The van der Waals surface area contributed by atoms with Crippen LogP contribution in [0.4, 0.5) is 5.69 Å². The largest absolute Gasteiger partial charge is 0.326 e. The Kier molecular flexibility index (Phi) is 4.60. The van der Waals surface area contributed by atoms with Crippen molar-refractivity contribution < 1.29 is 9.59 Å². The van der Waals surface area contributed by atoms with Gasteiger partial charge in [0.15, 0.2) is 6.29 Å². The normalized spacial score (nSPS) is 10.2. The van der Waals surface area contributed by atoms with Gasteiger partial charge in [0, 0.05) is 18.7 Å². The third-order valence-corrected chi connectivity index (χ3v) is 2.77. The van der Waals surface area contributed by atoms with Crippen LogP contribution in [0.15, 0.2) is 30.5 Å².